The van der Waals surface area contributed by atoms with Crippen LogP contribution in [0.4, 0.5) is 5.69 Å². The van der Waals surface area contributed by atoms with Crippen LogP contribution in [0.1, 0.15) is 11.1 Å². The molecule has 1 heterocycles. The molecular weight excluding hydrogens is 258 g/mol. The zero-order chi connectivity index (χ0) is 13.8. The van der Waals surface area contributed by atoms with E-state index >= 15 is 0 Å². The normalized spacial score (nSPS) is 16.6. The molecule has 0 bridgehead atoms. The molecule has 0 saturated carbocycles. The third-order valence-corrected chi connectivity index (χ3v) is 3.83. The van der Waals surface area contributed by atoms with Crippen molar-refractivity contribution in [3.8, 4) is 0 Å². The summed E-state index contributed by atoms with van der Waals surface area (Å²) in [5.74, 6) is 0. The second-order valence-electron chi connectivity index (χ2n) is 4.89. The minimum Gasteiger partial charge on any atom is -0.395 e. The van der Waals surface area contributed by atoms with Crippen molar-refractivity contribution < 1.29 is 5.11 Å². The van der Waals surface area contributed by atoms with Gasteiger partial charge in [0.15, 0.2) is 0 Å². The van der Waals surface area contributed by atoms with Crippen molar-refractivity contribution in [3.05, 3.63) is 29.3 Å². The lowest BCUT2D eigenvalue weighted by molar-refractivity contribution is 0.188. The molecule has 1 fully saturated rings. The SMILES string of the molecule is Cc1cccc(C(N)=S)c1N1CCN(CCO)CC1. The van der Waals surface area contributed by atoms with Gasteiger partial charge in [-0.15, -0.1) is 0 Å². The number of thiocarbonyl (C=S) groups is 1. The lowest BCUT2D eigenvalue weighted by atomic mass is 10.1. The Morgan fingerprint density at radius 2 is 2.00 bits per heavy atom. The van der Waals surface area contributed by atoms with Gasteiger partial charge in [0.25, 0.3) is 0 Å². The van der Waals surface area contributed by atoms with Crippen LogP contribution in [-0.4, -0.2) is 54.3 Å². The fraction of sp³-hybridized carbons (Fsp3) is 0.500. The summed E-state index contributed by atoms with van der Waals surface area (Å²) in [4.78, 5) is 5.07. The number of benzene rings is 1. The number of anilines is 1. The number of rotatable bonds is 4. The van der Waals surface area contributed by atoms with Gasteiger partial charge < -0.3 is 15.7 Å². The lowest BCUT2D eigenvalue weighted by Gasteiger charge is -2.37. The standard InChI is InChI=1S/C14H21N3OS/c1-11-3-2-4-12(14(15)19)13(11)17-7-5-16(6-8-17)9-10-18/h2-4,18H,5-10H2,1H3,(H2,15,19). The summed E-state index contributed by atoms with van der Waals surface area (Å²) in [6.45, 7) is 6.89. The number of hydrogen-bond acceptors (Lipinski definition) is 4. The third-order valence-electron chi connectivity index (χ3n) is 3.61. The van der Waals surface area contributed by atoms with E-state index in [1.54, 1.807) is 0 Å². The third kappa shape index (κ3) is 3.23. The van der Waals surface area contributed by atoms with Crippen LogP contribution in [0.25, 0.3) is 0 Å². The first-order valence-corrected chi connectivity index (χ1v) is 7.02. The van der Waals surface area contributed by atoms with E-state index in [0.29, 0.717) is 4.99 Å². The summed E-state index contributed by atoms with van der Waals surface area (Å²) >= 11 is 5.15. The highest BCUT2D eigenvalue weighted by molar-refractivity contribution is 7.80. The fourth-order valence-corrected chi connectivity index (χ4v) is 2.78. The molecule has 0 aromatic heterocycles. The van der Waals surface area contributed by atoms with Crippen molar-refractivity contribution in [1.82, 2.24) is 4.90 Å². The molecule has 2 rings (SSSR count). The average molecular weight is 279 g/mol. The summed E-state index contributed by atoms with van der Waals surface area (Å²) in [5, 5.41) is 8.97. The van der Waals surface area contributed by atoms with Crippen molar-refractivity contribution in [1.29, 1.82) is 0 Å². The molecule has 0 aliphatic carbocycles. The van der Waals surface area contributed by atoms with E-state index in [2.05, 4.69) is 22.8 Å². The van der Waals surface area contributed by atoms with Crippen LogP contribution < -0.4 is 10.6 Å². The van der Waals surface area contributed by atoms with Gasteiger partial charge >= 0.3 is 0 Å². The minimum atomic E-state index is 0.225. The van der Waals surface area contributed by atoms with Gasteiger partial charge in [-0.1, -0.05) is 24.4 Å². The van der Waals surface area contributed by atoms with Gasteiger partial charge in [-0.2, -0.15) is 0 Å². The van der Waals surface area contributed by atoms with E-state index in [0.717, 1.165) is 38.3 Å². The summed E-state index contributed by atoms with van der Waals surface area (Å²) in [5.41, 5.74) is 9.16. The number of nitrogens with two attached hydrogens (primary N) is 1. The Morgan fingerprint density at radius 3 is 2.58 bits per heavy atom. The first-order valence-electron chi connectivity index (χ1n) is 6.61. The number of β-amino-alcohol motifs (C(OH)–C–C–N with tert-alkyl or cyclic N) is 1. The Kier molecular flexibility index (Phi) is 4.74. The quantitative estimate of drug-likeness (QED) is 0.796. The van der Waals surface area contributed by atoms with Crippen molar-refractivity contribution in [2.75, 3.05) is 44.2 Å². The molecule has 4 nitrogen and oxygen atoms in total. The number of aliphatic hydroxyl groups is 1. The maximum absolute atomic E-state index is 8.97. The number of piperazine rings is 1. The van der Waals surface area contributed by atoms with Crippen LogP contribution in [0.5, 0.6) is 0 Å². The van der Waals surface area contributed by atoms with E-state index in [1.165, 1.54) is 11.3 Å². The molecular formula is C14H21N3OS. The molecule has 0 unspecified atom stereocenters. The van der Waals surface area contributed by atoms with Crippen LogP contribution in [0.15, 0.2) is 18.2 Å². The van der Waals surface area contributed by atoms with Crippen molar-refractivity contribution >= 4 is 22.9 Å². The first kappa shape index (κ1) is 14.2. The second-order valence-corrected chi connectivity index (χ2v) is 5.33. The van der Waals surface area contributed by atoms with Gasteiger partial charge in [0.1, 0.15) is 4.99 Å². The summed E-state index contributed by atoms with van der Waals surface area (Å²) in [6, 6.07) is 6.08. The molecule has 1 aliphatic heterocycles. The van der Waals surface area contributed by atoms with Crippen LogP contribution >= 0.6 is 12.2 Å². The van der Waals surface area contributed by atoms with Gasteiger partial charge in [0.05, 0.1) is 6.61 Å². The Hall–Kier alpha value is -1.17. The Balaban J connectivity index is 2.17. The highest BCUT2D eigenvalue weighted by Gasteiger charge is 2.20. The average Bonchev–Trinajstić information content (AvgIpc) is 2.40. The molecule has 5 heteroatoms. The van der Waals surface area contributed by atoms with Gasteiger partial charge in [-0.3, -0.25) is 4.90 Å². The van der Waals surface area contributed by atoms with Crippen LogP contribution in [0.3, 0.4) is 0 Å². The van der Waals surface area contributed by atoms with E-state index in [9.17, 15) is 0 Å². The molecule has 3 N–H and O–H groups in total. The predicted octanol–water partition coefficient (Wildman–Crippen LogP) is 0.744. The van der Waals surface area contributed by atoms with Crippen molar-refractivity contribution in [2.45, 2.75) is 6.92 Å². The fourth-order valence-electron chi connectivity index (χ4n) is 2.61. The Labute approximate surface area is 119 Å². The van der Waals surface area contributed by atoms with Crippen LogP contribution in [0.2, 0.25) is 0 Å². The highest BCUT2D eigenvalue weighted by Crippen LogP contribution is 2.26. The number of nitrogens with zero attached hydrogens (tertiary/aromatic N) is 2. The second kappa shape index (κ2) is 6.32. The molecule has 0 amide bonds. The lowest BCUT2D eigenvalue weighted by Crippen LogP contribution is -2.47. The number of para-hydroxylation sites is 1. The topological polar surface area (TPSA) is 52.7 Å². The van der Waals surface area contributed by atoms with Gasteiger partial charge in [-0.05, 0) is 18.6 Å². The van der Waals surface area contributed by atoms with E-state index in [4.69, 9.17) is 23.1 Å². The van der Waals surface area contributed by atoms with Gasteiger partial charge in [0, 0.05) is 44.0 Å². The largest absolute Gasteiger partial charge is 0.395 e. The van der Waals surface area contributed by atoms with Crippen molar-refractivity contribution in [3.63, 3.8) is 0 Å². The first-order chi connectivity index (χ1) is 9.13. The molecule has 0 atom stereocenters. The Morgan fingerprint density at radius 1 is 1.32 bits per heavy atom. The maximum Gasteiger partial charge on any atom is 0.106 e. The number of aryl methyl sites for hydroxylation is 1. The summed E-state index contributed by atoms with van der Waals surface area (Å²) < 4.78 is 0. The molecule has 0 radical (unpaired) electrons. The Bertz CT molecular complexity index is 456. The molecule has 0 spiro atoms. The smallest absolute Gasteiger partial charge is 0.106 e. The summed E-state index contributed by atoms with van der Waals surface area (Å²) in [7, 11) is 0. The van der Waals surface area contributed by atoms with E-state index in [1.807, 2.05) is 12.1 Å². The highest BCUT2D eigenvalue weighted by atomic mass is 32.1. The maximum atomic E-state index is 8.97. The summed E-state index contributed by atoms with van der Waals surface area (Å²) in [6.07, 6.45) is 0. The van der Waals surface area contributed by atoms with E-state index in [-0.39, 0.29) is 6.61 Å². The molecule has 1 aromatic rings. The molecule has 1 saturated heterocycles. The van der Waals surface area contributed by atoms with Crippen LogP contribution in [0, 0.1) is 6.92 Å². The van der Waals surface area contributed by atoms with Gasteiger partial charge in [-0.25, -0.2) is 0 Å². The van der Waals surface area contributed by atoms with Crippen molar-refractivity contribution in [2.24, 2.45) is 5.73 Å². The zero-order valence-corrected chi connectivity index (χ0v) is 12.1. The molecule has 104 valence electrons. The predicted molar refractivity (Wildman–Crippen MR) is 82.8 cm³/mol. The van der Waals surface area contributed by atoms with Gasteiger partial charge in [0.2, 0.25) is 0 Å². The number of hydrogen-bond donors (Lipinski definition) is 2. The molecule has 1 aromatic carbocycles. The zero-order valence-electron chi connectivity index (χ0n) is 11.3. The molecule has 1 aliphatic rings. The number of aliphatic hydroxyl groups excluding tert-OH is 1. The van der Waals surface area contributed by atoms with Crippen LogP contribution in [-0.2, 0) is 0 Å². The van der Waals surface area contributed by atoms with E-state index < -0.39 is 0 Å². The molecule has 19 heavy (non-hydrogen) atoms. The monoisotopic (exact) mass is 279 g/mol. The minimum absolute atomic E-state index is 0.225.